The van der Waals surface area contributed by atoms with Gasteiger partial charge in [-0.25, -0.2) is 0 Å². The van der Waals surface area contributed by atoms with Crippen molar-refractivity contribution in [2.24, 2.45) is 23.2 Å². The number of esters is 1. The minimum Gasteiger partial charge on any atom is -0.469 e. The summed E-state index contributed by atoms with van der Waals surface area (Å²) >= 11 is 0. The normalized spacial score (nSPS) is 34.6. The summed E-state index contributed by atoms with van der Waals surface area (Å²) in [7, 11) is 1.45. The van der Waals surface area contributed by atoms with Gasteiger partial charge in [0.1, 0.15) is 5.78 Å². The molecule has 0 amide bonds. The number of fused-ring (bicyclic) bond motifs is 1. The number of hydrogen-bond donors (Lipinski definition) is 0. The Morgan fingerprint density at radius 1 is 1.45 bits per heavy atom. The minimum atomic E-state index is -0.111. The Bertz CT molecular complexity index is 376. The molecule has 2 fully saturated rings. The van der Waals surface area contributed by atoms with E-state index in [0.29, 0.717) is 30.0 Å². The second-order valence-corrected chi connectivity index (χ2v) is 7.01. The predicted molar refractivity (Wildman–Crippen MR) is 78.2 cm³/mol. The standard InChI is InChI=1S/C17H28O3/c1-12(6-4-8-16(19)20-3)13-9-10-14-15(18)7-5-11-17(13,14)2/h12-14H,4-11H2,1-3H3/t12-,13+,14-,17-/m1/s1. The Hall–Kier alpha value is -0.860. The lowest BCUT2D eigenvalue weighted by Crippen LogP contribution is -2.39. The molecule has 0 radical (unpaired) electrons. The van der Waals surface area contributed by atoms with Crippen molar-refractivity contribution in [3.05, 3.63) is 0 Å². The molecule has 0 spiro atoms. The molecule has 2 rings (SSSR count). The Labute approximate surface area is 122 Å². The van der Waals surface area contributed by atoms with E-state index in [2.05, 4.69) is 13.8 Å². The fourth-order valence-electron chi connectivity index (χ4n) is 4.78. The first-order valence-electron chi connectivity index (χ1n) is 8.08. The Morgan fingerprint density at radius 3 is 2.90 bits per heavy atom. The van der Waals surface area contributed by atoms with Crippen LogP contribution in [-0.4, -0.2) is 18.9 Å². The van der Waals surface area contributed by atoms with Crippen LogP contribution in [0.5, 0.6) is 0 Å². The topological polar surface area (TPSA) is 43.4 Å². The van der Waals surface area contributed by atoms with E-state index in [9.17, 15) is 9.59 Å². The summed E-state index contributed by atoms with van der Waals surface area (Å²) in [5.74, 6) is 1.95. The molecule has 0 aromatic heterocycles. The highest BCUT2D eigenvalue weighted by molar-refractivity contribution is 5.83. The zero-order chi connectivity index (χ0) is 14.8. The zero-order valence-corrected chi connectivity index (χ0v) is 13.1. The van der Waals surface area contributed by atoms with Crippen molar-refractivity contribution in [1.82, 2.24) is 0 Å². The van der Waals surface area contributed by atoms with Gasteiger partial charge in [0.25, 0.3) is 0 Å². The van der Waals surface area contributed by atoms with Crippen molar-refractivity contribution in [3.63, 3.8) is 0 Å². The smallest absolute Gasteiger partial charge is 0.305 e. The van der Waals surface area contributed by atoms with Gasteiger partial charge in [-0.3, -0.25) is 9.59 Å². The van der Waals surface area contributed by atoms with Crippen molar-refractivity contribution >= 4 is 11.8 Å². The van der Waals surface area contributed by atoms with E-state index in [1.165, 1.54) is 20.0 Å². The van der Waals surface area contributed by atoms with E-state index in [4.69, 9.17) is 4.74 Å². The average molecular weight is 280 g/mol. The number of ether oxygens (including phenoxy) is 1. The Kier molecular flexibility index (Phi) is 4.87. The highest BCUT2D eigenvalue weighted by atomic mass is 16.5. The van der Waals surface area contributed by atoms with E-state index >= 15 is 0 Å². The van der Waals surface area contributed by atoms with Crippen molar-refractivity contribution in [1.29, 1.82) is 0 Å². The maximum Gasteiger partial charge on any atom is 0.305 e. The fraction of sp³-hybridized carbons (Fsp3) is 0.882. The summed E-state index contributed by atoms with van der Waals surface area (Å²) in [6.07, 6.45) is 7.83. The van der Waals surface area contributed by atoms with Crippen LogP contribution < -0.4 is 0 Å². The summed E-state index contributed by atoms with van der Waals surface area (Å²) in [6, 6.07) is 0. The maximum absolute atomic E-state index is 12.1. The van der Waals surface area contributed by atoms with E-state index in [1.807, 2.05) is 0 Å². The van der Waals surface area contributed by atoms with Gasteiger partial charge >= 0.3 is 5.97 Å². The average Bonchev–Trinajstić information content (AvgIpc) is 2.77. The van der Waals surface area contributed by atoms with Crippen LogP contribution in [0.1, 0.15) is 65.2 Å². The number of carbonyl (C=O) groups excluding carboxylic acids is 2. The monoisotopic (exact) mass is 280 g/mol. The van der Waals surface area contributed by atoms with Crippen LogP contribution in [0.15, 0.2) is 0 Å². The molecular formula is C17H28O3. The summed E-state index contributed by atoms with van der Waals surface area (Å²) in [5, 5.41) is 0. The molecule has 2 saturated carbocycles. The van der Waals surface area contributed by atoms with Crippen LogP contribution in [0.25, 0.3) is 0 Å². The summed E-state index contributed by atoms with van der Waals surface area (Å²) in [6.45, 7) is 4.64. The molecule has 114 valence electrons. The second kappa shape index (κ2) is 6.28. The summed E-state index contributed by atoms with van der Waals surface area (Å²) in [5.41, 5.74) is 0.222. The largest absolute Gasteiger partial charge is 0.469 e. The second-order valence-electron chi connectivity index (χ2n) is 7.01. The lowest BCUT2D eigenvalue weighted by atomic mass is 9.62. The minimum absolute atomic E-state index is 0.111. The number of rotatable bonds is 5. The van der Waals surface area contributed by atoms with Gasteiger partial charge in [0, 0.05) is 18.8 Å². The molecule has 3 heteroatoms. The molecule has 0 N–H and O–H groups in total. The van der Waals surface area contributed by atoms with Crippen LogP contribution >= 0.6 is 0 Å². The van der Waals surface area contributed by atoms with Crippen LogP contribution in [0.3, 0.4) is 0 Å². The van der Waals surface area contributed by atoms with Crippen LogP contribution in [0, 0.1) is 23.2 Å². The predicted octanol–water partition coefficient (Wildman–Crippen LogP) is 3.75. The van der Waals surface area contributed by atoms with Gasteiger partial charge < -0.3 is 4.74 Å². The van der Waals surface area contributed by atoms with Gasteiger partial charge in [-0.05, 0) is 55.8 Å². The molecule has 2 aliphatic carbocycles. The van der Waals surface area contributed by atoms with Crippen LogP contribution in [0.4, 0.5) is 0 Å². The van der Waals surface area contributed by atoms with Gasteiger partial charge in [-0.2, -0.15) is 0 Å². The third kappa shape index (κ3) is 2.91. The fourth-order valence-corrected chi connectivity index (χ4v) is 4.78. The van der Waals surface area contributed by atoms with Gasteiger partial charge in [0.05, 0.1) is 7.11 Å². The van der Waals surface area contributed by atoms with E-state index in [1.54, 1.807) is 0 Å². The first-order chi connectivity index (χ1) is 9.49. The number of ketones is 1. The van der Waals surface area contributed by atoms with Crippen LogP contribution in [0.2, 0.25) is 0 Å². The molecular weight excluding hydrogens is 252 g/mol. The SMILES string of the molecule is COC(=O)CCC[C@@H](C)[C@@H]1CC[C@@H]2C(=O)CCC[C@@]21C. The first-order valence-corrected chi connectivity index (χ1v) is 8.08. The maximum atomic E-state index is 12.1. The molecule has 4 atom stereocenters. The molecule has 0 aliphatic heterocycles. The Morgan fingerprint density at radius 2 is 2.20 bits per heavy atom. The van der Waals surface area contributed by atoms with Crippen molar-refractivity contribution in [2.45, 2.75) is 65.2 Å². The van der Waals surface area contributed by atoms with Gasteiger partial charge in [0.2, 0.25) is 0 Å². The molecule has 3 nitrogen and oxygen atoms in total. The molecule has 0 heterocycles. The molecule has 0 bridgehead atoms. The number of carbonyl (C=O) groups is 2. The quantitative estimate of drug-likeness (QED) is 0.720. The molecule has 0 aromatic rings. The molecule has 0 unspecified atom stereocenters. The number of methoxy groups -OCH3 is 1. The third-order valence-electron chi connectivity index (χ3n) is 5.89. The number of hydrogen-bond acceptors (Lipinski definition) is 3. The molecule has 2 aliphatic rings. The van der Waals surface area contributed by atoms with Crippen molar-refractivity contribution in [3.8, 4) is 0 Å². The number of Topliss-reactive ketones (excluding diaryl/α,β-unsaturated/α-hetero) is 1. The highest BCUT2D eigenvalue weighted by Gasteiger charge is 2.52. The molecule has 0 aromatic carbocycles. The lowest BCUT2D eigenvalue weighted by Gasteiger charge is -2.42. The van der Waals surface area contributed by atoms with Crippen molar-refractivity contribution < 1.29 is 14.3 Å². The van der Waals surface area contributed by atoms with E-state index < -0.39 is 0 Å². The summed E-state index contributed by atoms with van der Waals surface area (Å²) in [4.78, 5) is 23.3. The zero-order valence-electron chi connectivity index (χ0n) is 13.1. The van der Waals surface area contributed by atoms with Gasteiger partial charge in [-0.1, -0.05) is 13.8 Å². The van der Waals surface area contributed by atoms with E-state index in [0.717, 1.165) is 32.1 Å². The first kappa shape index (κ1) is 15.5. The lowest BCUT2D eigenvalue weighted by molar-refractivity contribution is -0.140. The van der Waals surface area contributed by atoms with Gasteiger partial charge in [0.15, 0.2) is 0 Å². The van der Waals surface area contributed by atoms with Gasteiger partial charge in [-0.15, -0.1) is 0 Å². The third-order valence-corrected chi connectivity index (χ3v) is 5.89. The molecule has 20 heavy (non-hydrogen) atoms. The highest BCUT2D eigenvalue weighted by Crippen LogP contribution is 2.57. The van der Waals surface area contributed by atoms with Crippen molar-refractivity contribution in [2.75, 3.05) is 7.11 Å². The summed E-state index contributed by atoms with van der Waals surface area (Å²) < 4.78 is 4.69. The van der Waals surface area contributed by atoms with E-state index in [-0.39, 0.29) is 11.4 Å². The van der Waals surface area contributed by atoms with Crippen LogP contribution in [-0.2, 0) is 14.3 Å². The Balaban J connectivity index is 1.91. The molecule has 0 saturated heterocycles.